The Morgan fingerprint density at radius 3 is 2.67 bits per heavy atom. The zero-order chi connectivity index (χ0) is 13.7. The number of hydrogen-bond acceptors (Lipinski definition) is 4. The van der Waals surface area contributed by atoms with Crippen LogP contribution in [0.4, 0.5) is 0 Å². The van der Waals surface area contributed by atoms with Crippen molar-refractivity contribution in [1.82, 2.24) is 4.90 Å². The minimum atomic E-state index is -0.350. The largest absolute Gasteiger partial charge is 0.508 e. The number of benzene rings is 1. The number of amides is 1. The van der Waals surface area contributed by atoms with Gasteiger partial charge >= 0.3 is 0 Å². The number of aromatic hydroxyl groups is 2. The molecule has 2 N–H and O–H groups in total. The molecular formula is C13H16N2O3. The Balaban J connectivity index is 2.94. The number of nitrogens with zero attached hydrogens (tertiary/aromatic N) is 2. The molecule has 1 amide bonds. The van der Waals surface area contributed by atoms with E-state index in [1.807, 2.05) is 0 Å². The first-order chi connectivity index (χ1) is 8.49. The normalized spacial score (nSPS) is 11.6. The van der Waals surface area contributed by atoms with E-state index >= 15 is 0 Å². The summed E-state index contributed by atoms with van der Waals surface area (Å²) in [4.78, 5) is 13.6. The molecule has 96 valence electrons. The van der Waals surface area contributed by atoms with Crippen LogP contribution in [0.2, 0.25) is 0 Å². The summed E-state index contributed by atoms with van der Waals surface area (Å²) in [6.45, 7) is 4.30. The molecule has 0 radical (unpaired) electrons. The standard InChI is InChI=1S/C13H16N2O3/c1-3-15(8-9(2)7-14)13(18)11-5-4-10(16)6-12(11)17/h4-6,9,16-17H,3,8H2,1-2H3. The van der Waals surface area contributed by atoms with Gasteiger partial charge in [-0.15, -0.1) is 0 Å². The molecule has 18 heavy (non-hydrogen) atoms. The summed E-state index contributed by atoms with van der Waals surface area (Å²) in [5, 5.41) is 27.5. The Morgan fingerprint density at radius 2 is 2.17 bits per heavy atom. The smallest absolute Gasteiger partial charge is 0.257 e. The minimum absolute atomic E-state index is 0.0995. The first-order valence-corrected chi connectivity index (χ1v) is 5.70. The monoisotopic (exact) mass is 248 g/mol. The highest BCUT2D eigenvalue weighted by Crippen LogP contribution is 2.24. The summed E-state index contributed by atoms with van der Waals surface area (Å²) in [6.07, 6.45) is 0. The maximum absolute atomic E-state index is 12.1. The molecule has 1 rings (SSSR count). The van der Waals surface area contributed by atoms with Gasteiger partial charge in [-0.1, -0.05) is 0 Å². The van der Waals surface area contributed by atoms with Crippen LogP contribution < -0.4 is 0 Å². The van der Waals surface area contributed by atoms with Crippen molar-refractivity contribution in [2.45, 2.75) is 13.8 Å². The van der Waals surface area contributed by atoms with E-state index in [1.165, 1.54) is 17.0 Å². The molecule has 0 aromatic heterocycles. The first kappa shape index (κ1) is 13.8. The fraction of sp³-hybridized carbons (Fsp3) is 0.385. The molecule has 0 saturated heterocycles. The second-order valence-corrected chi connectivity index (χ2v) is 4.08. The fourth-order valence-corrected chi connectivity index (χ4v) is 1.60. The number of hydrogen-bond donors (Lipinski definition) is 2. The Bertz CT molecular complexity index is 480. The number of rotatable bonds is 4. The molecule has 1 unspecified atom stereocenters. The SMILES string of the molecule is CCN(CC(C)C#N)C(=O)c1ccc(O)cc1O. The molecule has 1 aromatic rings. The third kappa shape index (κ3) is 3.14. The zero-order valence-corrected chi connectivity index (χ0v) is 10.4. The predicted octanol–water partition coefficient (Wildman–Crippen LogP) is 1.72. The zero-order valence-electron chi connectivity index (χ0n) is 10.4. The van der Waals surface area contributed by atoms with Crippen LogP contribution in [0.15, 0.2) is 18.2 Å². The van der Waals surface area contributed by atoms with Crippen molar-refractivity contribution in [2.75, 3.05) is 13.1 Å². The summed E-state index contributed by atoms with van der Waals surface area (Å²) in [5.74, 6) is -0.981. The molecule has 0 aliphatic carbocycles. The lowest BCUT2D eigenvalue weighted by atomic mass is 10.1. The fourth-order valence-electron chi connectivity index (χ4n) is 1.60. The lowest BCUT2D eigenvalue weighted by Gasteiger charge is -2.22. The molecule has 0 bridgehead atoms. The van der Waals surface area contributed by atoms with E-state index in [2.05, 4.69) is 6.07 Å². The molecular weight excluding hydrogens is 232 g/mol. The summed E-state index contributed by atoms with van der Waals surface area (Å²) in [5.41, 5.74) is 0.125. The summed E-state index contributed by atoms with van der Waals surface area (Å²) in [6, 6.07) is 5.89. The molecule has 5 nitrogen and oxygen atoms in total. The van der Waals surface area contributed by atoms with Crippen LogP contribution in [0.5, 0.6) is 11.5 Å². The van der Waals surface area contributed by atoms with E-state index < -0.39 is 0 Å². The van der Waals surface area contributed by atoms with Crippen molar-refractivity contribution in [2.24, 2.45) is 5.92 Å². The highest BCUT2D eigenvalue weighted by atomic mass is 16.3. The summed E-state index contributed by atoms with van der Waals surface area (Å²) in [7, 11) is 0. The molecule has 1 aromatic carbocycles. The van der Waals surface area contributed by atoms with Crippen LogP contribution >= 0.6 is 0 Å². The van der Waals surface area contributed by atoms with Crippen molar-refractivity contribution < 1.29 is 15.0 Å². The number of phenols is 2. The van der Waals surface area contributed by atoms with Gasteiger partial charge in [0.2, 0.25) is 0 Å². The van der Waals surface area contributed by atoms with Crippen molar-refractivity contribution in [3.05, 3.63) is 23.8 Å². The van der Waals surface area contributed by atoms with Gasteiger partial charge in [-0.25, -0.2) is 0 Å². The van der Waals surface area contributed by atoms with Crippen LogP contribution in [-0.2, 0) is 0 Å². The number of carbonyl (C=O) groups is 1. The molecule has 0 heterocycles. The van der Waals surface area contributed by atoms with Gasteiger partial charge in [0.15, 0.2) is 0 Å². The quantitative estimate of drug-likeness (QED) is 0.849. The highest BCUT2D eigenvalue weighted by molar-refractivity contribution is 5.97. The second kappa shape index (κ2) is 5.92. The van der Waals surface area contributed by atoms with Crippen LogP contribution in [0.25, 0.3) is 0 Å². The number of carbonyl (C=O) groups excluding carboxylic acids is 1. The van der Waals surface area contributed by atoms with Gasteiger partial charge < -0.3 is 15.1 Å². The number of phenolic OH excluding ortho intramolecular Hbond substituents is 2. The maximum atomic E-state index is 12.1. The molecule has 0 fully saturated rings. The van der Waals surface area contributed by atoms with Gasteiger partial charge in [0, 0.05) is 19.2 Å². The predicted molar refractivity (Wildman–Crippen MR) is 66.1 cm³/mol. The van der Waals surface area contributed by atoms with Gasteiger partial charge in [-0.05, 0) is 26.0 Å². The van der Waals surface area contributed by atoms with Crippen molar-refractivity contribution in [3.63, 3.8) is 0 Å². The first-order valence-electron chi connectivity index (χ1n) is 5.70. The van der Waals surface area contributed by atoms with E-state index in [9.17, 15) is 15.0 Å². The maximum Gasteiger partial charge on any atom is 0.257 e. The molecule has 0 aliphatic heterocycles. The van der Waals surface area contributed by atoms with Crippen molar-refractivity contribution in [3.8, 4) is 17.6 Å². The lowest BCUT2D eigenvalue weighted by molar-refractivity contribution is 0.0749. The molecule has 1 atom stereocenters. The summed E-state index contributed by atoms with van der Waals surface area (Å²) < 4.78 is 0. The van der Waals surface area contributed by atoms with E-state index in [-0.39, 0.29) is 28.9 Å². The molecule has 0 spiro atoms. The van der Waals surface area contributed by atoms with Crippen molar-refractivity contribution in [1.29, 1.82) is 5.26 Å². The lowest BCUT2D eigenvalue weighted by Crippen LogP contribution is -2.34. The van der Waals surface area contributed by atoms with Gasteiger partial charge in [0.1, 0.15) is 11.5 Å². The average Bonchev–Trinajstić information content (AvgIpc) is 2.34. The van der Waals surface area contributed by atoms with Crippen LogP contribution in [0, 0.1) is 17.2 Å². The van der Waals surface area contributed by atoms with E-state index in [0.29, 0.717) is 13.1 Å². The Kier molecular flexibility index (Phi) is 4.55. The van der Waals surface area contributed by atoms with Crippen molar-refractivity contribution >= 4 is 5.91 Å². The summed E-state index contributed by atoms with van der Waals surface area (Å²) >= 11 is 0. The van der Waals surface area contributed by atoms with Gasteiger partial charge in [-0.2, -0.15) is 5.26 Å². The second-order valence-electron chi connectivity index (χ2n) is 4.08. The van der Waals surface area contributed by atoms with E-state index in [0.717, 1.165) is 6.07 Å². The van der Waals surface area contributed by atoms with E-state index in [1.54, 1.807) is 13.8 Å². The van der Waals surface area contributed by atoms with Gasteiger partial charge in [-0.3, -0.25) is 4.79 Å². The van der Waals surface area contributed by atoms with Crippen LogP contribution in [0.3, 0.4) is 0 Å². The molecule has 0 saturated carbocycles. The number of nitriles is 1. The third-order valence-electron chi connectivity index (χ3n) is 2.60. The highest BCUT2D eigenvalue weighted by Gasteiger charge is 2.19. The van der Waals surface area contributed by atoms with E-state index in [4.69, 9.17) is 5.26 Å². The average molecular weight is 248 g/mol. The Hall–Kier alpha value is -2.22. The molecule has 0 aliphatic rings. The minimum Gasteiger partial charge on any atom is -0.508 e. The van der Waals surface area contributed by atoms with Crippen LogP contribution in [0.1, 0.15) is 24.2 Å². The third-order valence-corrected chi connectivity index (χ3v) is 2.60. The van der Waals surface area contributed by atoms with Gasteiger partial charge in [0.05, 0.1) is 17.6 Å². The Labute approximate surface area is 106 Å². The Morgan fingerprint density at radius 1 is 1.50 bits per heavy atom. The van der Waals surface area contributed by atoms with Gasteiger partial charge in [0.25, 0.3) is 5.91 Å². The molecule has 5 heteroatoms. The van der Waals surface area contributed by atoms with Crippen LogP contribution in [-0.4, -0.2) is 34.1 Å². The topological polar surface area (TPSA) is 84.6 Å².